The van der Waals surface area contributed by atoms with Crippen molar-refractivity contribution in [1.82, 2.24) is 4.90 Å². The van der Waals surface area contributed by atoms with E-state index >= 15 is 0 Å². The van der Waals surface area contributed by atoms with Crippen molar-refractivity contribution in [1.29, 1.82) is 0 Å². The maximum Gasteiger partial charge on any atom is 0.327 e. The molecular formula is C12H13NO4. The standard InChI is InChI=1S/C12H13NO4/c1-2-4-9(12(16)17)13-10(14)7-5-3-6-8(7)11(13)15/h1,7-9H,3-6H2,(H,16,17). The Kier molecular flexibility index (Phi) is 2.88. The minimum atomic E-state index is -1.22. The summed E-state index contributed by atoms with van der Waals surface area (Å²) in [5.41, 5.74) is 0. The molecule has 2 amide bonds. The van der Waals surface area contributed by atoms with Gasteiger partial charge >= 0.3 is 5.97 Å². The van der Waals surface area contributed by atoms with Crippen LogP contribution in [0.2, 0.25) is 0 Å². The fraction of sp³-hybridized carbons (Fsp3) is 0.583. The number of likely N-dealkylation sites (tertiary alicyclic amines) is 1. The maximum absolute atomic E-state index is 12.0. The average Bonchev–Trinajstić information content (AvgIpc) is 2.82. The van der Waals surface area contributed by atoms with Crippen LogP contribution >= 0.6 is 0 Å². The highest BCUT2D eigenvalue weighted by molar-refractivity contribution is 6.08. The van der Waals surface area contributed by atoms with Crippen molar-refractivity contribution in [3.8, 4) is 12.3 Å². The molecule has 0 spiro atoms. The minimum absolute atomic E-state index is 0.133. The van der Waals surface area contributed by atoms with Gasteiger partial charge in [-0.1, -0.05) is 6.42 Å². The SMILES string of the molecule is C#CCC(C(=O)O)N1C(=O)C2CCCC2C1=O. The monoisotopic (exact) mass is 235 g/mol. The van der Waals surface area contributed by atoms with E-state index in [1.807, 2.05) is 0 Å². The van der Waals surface area contributed by atoms with Crippen LogP contribution in [0.4, 0.5) is 0 Å². The molecule has 0 radical (unpaired) electrons. The van der Waals surface area contributed by atoms with Gasteiger partial charge in [0.05, 0.1) is 11.8 Å². The maximum atomic E-state index is 12.0. The Bertz CT molecular complexity index is 401. The number of carbonyl (C=O) groups excluding carboxylic acids is 2. The van der Waals surface area contributed by atoms with Gasteiger partial charge in [0.25, 0.3) is 0 Å². The van der Waals surface area contributed by atoms with Crippen molar-refractivity contribution in [3.05, 3.63) is 0 Å². The molecule has 1 aliphatic heterocycles. The molecule has 90 valence electrons. The molecule has 1 saturated carbocycles. The minimum Gasteiger partial charge on any atom is -0.480 e. The zero-order valence-electron chi connectivity index (χ0n) is 9.26. The van der Waals surface area contributed by atoms with Gasteiger partial charge < -0.3 is 5.11 Å². The van der Waals surface area contributed by atoms with Crippen LogP contribution < -0.4 is 0 Å². The van der Waals surface area contributed by atoms with Gasteiger partial charge in [-0.3, -0.25) is 14.5 Å². The third-order valence-corrected chi connectivity index (χ3v) is 3.53. The largest absolute Gasteiger partial charge is 0.480 e. The van der Waals surface area contributed by atoms with Crippen molar-refractivity contribution in [2.24, 2.45) is 11.8 Å². The molecule has 2 rings (SSSR count). The Balaban J connectivity index is 2.27. The Hall–Kier alpha value is -1.83. The predicted octanol–water partition coefficient (Wildman–Crippen LogP) is 0.248. The summed E-state index contributed by atoms with van der Waals surface area (Å²) in [4.78, 5) is 35.9. The topological polar surface area (TPSA) is 74.7 Å². The van der Waals surface area contributed by atoms with Crippen LogP contribution in [0.1, 0.15) is 25.7 Å². The van der Waals surface area contributed by atoms with Crippen LogP contribution in [-0.4, -0.2) is 33.8 Å². The lowest BCUT2D eigenvalue weighted by atomic mass is 10.00. The third-order valence-electron chi connectivity index (χ3n) is 3.53. The summed E-state index contributed by atoms with van der Waals surface area (Å²) in [6.45, 7) is 0. The molecule has 0 bridgehead atoms. The van der Waals surface area contributed by atoms with Crippen LogP contribution in [0.15, 0.2) is 0 Å². The molecule has 0 aromatic carbocycles. The van der Waals surface area contributed by atoms with Crippen LogP contribution in [0.3, 0.4) is 0 Å². The van der Waals surface area contributed by atoms with Gasteiger partial charge in [0.1, 0.15) is 6.04 Å². The van der Waals surface area contributed by atoms with Crippen molar-refractivity contribution < 1.29 is 19.5 Å². The van der Waals surface area contributed by atoms with Crippen molar-refractivity contribution in [2.45, 2.75) is 31.7 Å². The van der Waals surface area contributed by atoms with Gasteiger partial charge in [-0.2, -0.15) is 0 Å². The van der Waals surface area contributed by atoms with Crippen molar-refractivity contribution in [2.75, 3.05) is 0 Å². The molecular weight excluding hydrogens is 222 g/mol. The van der Waals surface area contributed by atoms with Crippen molar-refractivity contribution in [3.63, 3.8) is 0 Å². The second-order valence-corrected chi connectivity index (χ2v) is 4.45. The fourth-order valence-corrected chi connectivity index (χ4v) is 2.72. The highest BCUT2D eigenvalue weighted by atomic mass is 16.4. The smallest absolute Gasteiger partial charge is 0.327 e. The molecule has 3 unspecified atom stereocenters. The lowest BCUT2D eigenvalue weighted by Gasteiger charge is -2.21. The number of aliphatic carboxylic acids is 1. The van der Waals surface area contributed by atoms with Gasteiger partial charge in [-0.05, 0) is 12.8 Å². The summed E-state index contributed by atoms with van der Waals surface area (Å²) in [6, 6.07) is -1.20. The normalized spacial score (nSPS) is 29.0. The molecule has 1 heterocycles. The molecule has 1 saturated heterocycles. The summed E-state index contributed by atoms with van der Waals surface area (Å²) < 4.78 is 0. The molecule has 2 aliphatic rings. The van der Waals surface area contributed by atoms with E-state index in [0.717, 1.165) is 11.3 Å². The first-order chi connectivity index (χ1) is 8.07. The molecule has 5 heteroatoms. The van der Waals surface area contributed by atoms with E-state index < -0.39 is 12.0 Å². The number of imide groups is 1. The molecule has 5 nitrogen and oxygen atoms in total. The Morgan fingerprint density at radius 3 is 2.35 bits per heavy atom. The zero-order chi connectivity index (χ0) is 12.6. The van der Waals surface area contributed by atoms with E-state index in [2.05, 4.69) is 5.92 Å². The molecule has 1 aliphatic carbocycles. The number of fused-ring (bicyclic) bond motifs is 1. The lowest BCUT2D eigenvalue weighted by Crippen LogP contribution is -2.45. The van der Waals surface area contributed by atoms with E-state index in [4.69, 9.17) is 11.5 Å². The highest BCUT2D eigenvalue weighted by Crippen LogP contribution is 2.40. The molecule has 17 heavy (non-hydrogen) atoms. The zero-order valence-corrected chi connectivity index (χ0v) is 9.26. The first-order valence-electron chi connectivity index (χ1n) is 5.61. The van der Waals surface area contributed by atoms with Crippen LogP contribution in [-0.2, 0) is 14.4 Å². The number of carboxylic acid groups (broad SMARTS) is 1. The summed E-state index contributed by atoms with van der Waals surface area (Å²) in [7, 11) is 0. The van der Waals surface area contributed by atoms with Gasteiger partial charge in [-0.15, -0.1) is 12.3 Å². The first kappa shape index (κ1) is 11.6. The number of hydrogen-bond acceptors (Lipinski definition) is 3. The van der Waals surface area contributed by atoms with Crippen molar-refractivity contribution >= 4 is 17.8 Å². The van der Waals surface area contributed by atoms with E-state index in [-0.39, 0.29) is 30.1 Å². The highest BCUT2D eigenvalue weighted by Gasteiger charge is 2.52. The summed E-state index contributed by atoms with van der Waals surface area (Å²) in [5, 5.41) is 9.02. The van der Waals surface area contributed by atoms with Gasteiger partial charge in [0.15, 0.2) is 0 Å². The van der Waals surface area contributed by atoms with Gasteiger partial charge in [-0.25, -0.2) is 4.79 Å². The van der Waals surface area contributed by atoms with Crippen LogP contribution in [0.5, 0.6) is 0 Å². The molecule has 2 fully saturated rings. The number of nitrogens with zero attached hydrogens (tertiary/aromatic N) is 1. The number of carbonyl (C=O) groups is 3. The number of rotatable bonds is 3. The number of terminal acetylenes is 1. The average molecular weight is 235 g/mol. The predicted molar refractivity (Wildman–Crippen MR) is 57.6 cm³/mol. The Morgan fingerprint density at radius 2 is 1.94 bits per heavy atom. The Labute approximate surface area is 98.8 Å². The van der Waals surface area contributed by atoms with E-state index in [9.17, 15) is 14.4 Å². The fourth-order valence-electron chi connectivity index (χ4n) is 2.72. The second-order valence-electron chi connectivity index (χ2n) is 4.45. The quantitative estimate of drug-likeness (QED) is 0.562. The lowest BCUT2D eigenvalue weighted by molar-refractivity contribution is -0.155. The molecule has 0 aromatic heterocycles. The number of amides is 2. The number of carboxylic acids is 1. The number of hydrogen-bond donors (Lipinski definition) is 1. The Morgan fingerprint density at radius 1 is 1.41 bits per heavy atom. The first-order valence-corrected chi connectivity index (χ1v) is 5.61. The van der Waals surface area contributed by atoms with E-state index in [0.29, 0.717) is 12.8 Å². The second kappa shape index (κ2) is 4.21. The van der Waals surface area contributed by atoms with Crippen LogP contribution in [0.25, 0.3) is 0 Å². The summed E-state index contributed by atoms with van der Waals surface area (Å²) >= 11 is 0. The third kappa shape index (κ3) is 1.70. The van der Waals surface area contributed by atoms with Crippen LogP contribution in [0, 0.1) is 24.2 Å². The van der Waals surface area contributed by atoms with Gasteiger partial charge in [0, 0.05) is 6.42 Å². The molecule has 3 atom stereocenters. The summed E-state index contributed by atoms with van der Waals surface area (Å²) in [5.74, 6) is -0.369. The summed E-state index contributed by atoms with van der Waals surface area (Å²) in [6.07, 6.45) is 7.15. The van der Waals surface area contributed by atoms with Gasteiger partial charge in [0.2, 0.25) is 11.8 Å². The van der Waals surface area contributed by atoms with E-state index in [1.54, 1.807) is 0 Å². The van der Waals surface area contributed by atoms with E-state index in [1.165, 1.54) is 0 Å². The molecule has 0 aromatic rings. The molecule has 1 N–H and O–H groups in total.